The van der Waals surface area contributed by atoms with Crippen LogP contribution in [0, 0.1) is 29.6 Å². The molecule has 0 bridgehead atoms. The predicted octanol–water partition coefficient (Wildman–Crippen LogP) is 3.85. The molecule has 3 nitrogen and oxygen atoms in total. The number of hydrogen-bond donors (Lipinski definition) is 0. The molecule has 2 aliphatic rings. The molecule has 120 valence electrons. The fraction of sp³-hybridized carbons (Fsp3) is 0.941. The van der Waals surface area contributed by atoms with E-state index < -0.39 is 0 Å². The normalized spacial score (nSPS) is 41.6. The predicted molar refractivity (Wildman–Crippen MR) is 83.5 cm³/mol. The van der Waals surface area contributed by atoms with E-state index in [0.29, 0.717) is 11.8 Å². The molecule has 2 fully saturated rings. The van der Waals surface area contributed by atoms with Crippen LogP contribution < -0.4 is 0 Å². The van der Waals surface area contributed by atoms with Gasteiger partial charge in [0.1, 0.15) is 6.10 Å². The summed E-state index contributed by atoms with van der Waals surface area (Å²) < 4.78 is 5.82. The first-order chi connectivity index (χ1) is 8.97. The fourth-order valence-electron chi connectivity index (χ4n) is 3.77. The van der Waals surface area contributed by atoms with Crippen LogP contribution in [0.3, 0.4) is 0 Å². The lowest BCUT2D eigenvalue weighted by atomic mass is 9.73. The van der Waals surface area contributed by atoms with Crippen LogP contribution in [0.1, 0.15) is 67.6 Å². The molecule has 0 heterocycles. The van der Waals surface area contributed by atoms with Crippen LogP contribution >= 0.6 is 0 Å². The van der Waals surface area contributed by atoms with Gasteiger partial charge in [0.15, 0.2) is 0 Å². The van der Waals surface area contributed by atoms with Crippen molar-refractivity contribution in [2.75, 3.05) is 0 Å². The summed E-state index contributed by atoms with van der Waals surface area (Å²) in [6, 6.07) is 0. The number of esters is 1. The average molecular weight is 286 g/mol. The van der Waals surface area contributed by atoms with Gasteiger partial charge in [0, 0.05) is 1.43 Å². The minimum Gasteiger partial charge on any atom is -0.462 e. The highest BCUT2D eigenvalue weighted by Gasteiger charge is 2.34. The first-order valence-corrected chi connectivity index (χ1v) is 8.17. The number of ether oxygens (including phenoxy) is 1. The summed E-state index contributed by atoms with van der Waals surface area (Å²) in [7, 11) is 0. The lowest BCUT2D eigenvalue weighted by molar-refractivity contribution is -0.159. The Morgan fingerprint density at radius 1 is 0.950 bits per heavy atom. The molecule has 0 spiro atoms. The van der Waals surface area contributed by atoms with E-state index in [9.17, 15) is 4.79 Å². The SMILES string of the molecule is CC1CCC(C(=O)OC2CC(C)C(C)C(C)C2)CC1.O.[HH]. The molecule has 2 rings (SSSR count). The molecule has 2 atom stereocenters. The van der Waals surface area contributed by atoms with E-state index in [2.05, 4.69) is 27.7 Å². The van der Waals surface area contributed by atoms with Gasteiger partial charge in [-0.05, 0) is 62.2 Å². The molecule has 2 aliphatic carbocycles. The van der Waals surface area contributed by atoms with Crippen molar-refractivity contribution in [3.63, 3.8) is 0 Å². The fourth-order valence-corrected chi connectivity index (χ4v) is 3.77. The second-order valence-electron chi connectivity index (χ2n) is 7.30. The van der Waals surface area contributed by atoms with Crippen molar-refractivity contribution in [2.24, 2.45) is 29.6 Å². The minimum atomic E-state index is 0. The molecular weight excluding hydrogens is 252 g/mol. The van der Waals surface area contributed by atoms with Gasteiger partial charge >= 0.3 is 5.97 Å². The second kappa shape index (κ2) is 7.44. The Morgan fingerprint density at radius 2 is 1.45 bits per heavy atom. The summed E-state index contributed by atoms with van der Waals surface area (Å²) >= 11 is 0. The quantitative estimate of drug-likeness (QED) is 0.724. The smallest absolute Gasteiger partial charge is 0.309 e. The van der Waals surface area contributed by atoms with Crippen LogP contribution in [0.5, 0.6) is 0 Å². The number of rotatable bonds is 2. The number of carbonyl (C=O) groups excluding carboxylic acids is 1. The first kappa shape index (κ1) is 17.5. The van der Waals surface area contributed by atoms with Crippen molar-refractivity contribution in [1.82, 2.24) is 0 Å². The summed E-state index contributed by atoms with van der Waals surface area (Å²) in [5.74, 6) is 3.16. The average Bonchev–Trinajstić information content (AvgIpc) is 2.36. The van der Waals surface area contributed by atoms with Crippen LogP contribution in [0.25, 0.3) is 0 Å². The molecule has 0 saturated heterocycles. The zero-order valence-corrected chi connectivity index (χ0v) is 13.5. The number of hydrogen-bond acceptors (Lipinski definition) is 2. The maximum Gasteiger partial charge on any atom is 0.309 e. The van der Waals surface area contributed by atoms with Gasteiger partial charge in [0.2, 0.25) is 0 Å². The van der Waals surface area contributed by atoms with Gasteiger partial charge in [-0.15, -0.1) is 0 Å². The summed E-state index contributed by atoms with van der Waals surface area (Å²) in [5.41, 5.74) is 0. The van der Waals surface area contributed by atoms with Gasteiger partial charge in [-0.25, -0.2) is 0 Å². The lowest BCUT2D eigenvalue weighted by Crippen LogP contribution is -2.35. The van der Waals surface area contributed by atoms with E-state index in [1.54, 1.807) is 0 Å². The van der Waals surface area contributed by atoms with Gasteiger partial charge in [-0.3, -0.25) is 4.79 Å². The Labute approximate surface area is 125 Å². The van der Waals surface area contributed by atoms with E-state index in [1.165, 1.54) is 12.8 Å². The van der Waals surface area contributed by atoms with Crippen molar-refractivity contribution in [1.29, 1.82) is 0 Å². The molecular formula is C17H34O3. The summed E-state index contributed by atoms with van der Waals surface area (Å²) in [6.07, 6.45) is 6.74. The zero-order valence-electron chi connectivity index (χ0n) is 13.5. The van der Waals surface area contributed by atoms with E-state index >= 15 is 0 Å². The highest BCUT2D eigenvalue weighted by molar-refractivity contribution is 5.72. The van der Waals surface area contributed by atoms with E-state index in [4.69, 9.17) is 4.74 Å². The van der Waals surface area contributed by atoms with Gasteiger partial charge in [0.25, 0.3) is 0 Å². The summed E-state index contributed by atoms with van der Waals surface area (Å²) in [5, 5.41) is 0. The van der Waals surface area contributed by atoms with Crippen LogP contribution in [-0.2, 0) is 9.53 Å². The third-order valence-corrected chi connectivity index (χ3v) is 5.70. The molecule has 0 radical (unpaired) electrons. The highest BCUT2D eigenvalue weighted by Crippen LogP contribution is 2.36. The number of carbonyl (C=O) groups is 1. The molecule has 0 aromatic heterocycles. The summed E-state index contributed by atoms with van der Waals surface area (Å²) in [4.78, 5) is 12.2. The van der Waals surface area contributed by atoms with Crippen LogP contribution in [0.4, 0.5) is 0 Å². The Bertz CT molecular complexity index is 301. The maximum absolute atomic E-state index is 12.2. The summed E-state index contributed by atoms with van der Waals surface area (Å²) in [6.45, 7) is 9.20. The maximum atomic E-state index is 12.2. The highest BCUT2D eigenvalue weighted by atomic mass is 16.5. The van der Waals surface area contributed by atoms with E-state index in [-0.39, 0.29) is 24.9 Å². The monoisotopic (exact) mass is 286 g/mol. The Morgan fingerprint density at radius 3 is 1.95 bits per heavy atom. The van der Waals surface area contributed by atoms with Crippen molar-refractivity contribution in [3.8, 4) is 0 Å². The van der Waals surface area contributed by atoms with Gasteiger partial charge in [-0.2, -0.15) is 0 Å². The first-order valence-electron chi connectivity index (χ1n) is 8.17. The van der Waals surface area contributed by atoms with Crippen LogP contribution in [0.2, 0.25) is 0 Å². The molecule has 2 N–H and O–H groups in total. The van der Waals surface area contributed by atoms with Crippen molar-refractivity contribution in [3.05, 3.63) is 0 Å². The minimum absolute atomic E-state index is 0. The van der Waals surface area contributed by atoms with Crippen LogP contribution in [-0.4, -0.2) is 17.5 Å². The molecule has 2 saturated carbocycles. The molecule has 3 heteroatoms. The standard InChI is InChI=1S/C17H30O2.H2O.H2/c1-11-5-7-15(8-6-11)17(18)19-16-9-12(2)14(4)13(3)10-16;;/h11-16H,5-10H2,1-4H3;1H2;1H. The lowest BCUT2D eigenvalue weighted by Gasteiger charge is -2.37. The van der Waals surface area contributed by atoms with Crippen LogP contribution in [0.15, 0.2) is 0 Å². The second-order valence-corrected chi connectivity index (χ2v) is 7.30. The molecule has 0 amide bonds. The van der Waals surface area contributed by atoms with Gasteiger partial charge < -0.3 is 10.2 Å². The van der Waals surface area contributed by atoms with Crippen molar-refractivity contribution < 1.29 is 16.4 Å². The van der Waals surface area contributed by atoms with E-state index in [0.717, 1.165) is 37.5 Å². The van der Waals surface area contributed by atoms with Crippen molar-refractivity contribution >= 4 is 5.97 Å². The topological polar surface area (TPSA) is 57.8 Å². The van der Waals surface area contributed by atoms with Crippen molar-refractivity contribution in [2.45, 2.75) is 72.3 Å². The van der Waals surface area contributed by atoms with Gasteiger partial charge in [0.05, 0.1) is 5.92 Å². The largest absolute Gasteiger partial charge is 0.462 e. The van der Waals surface area contributed by atoms with E-state index in [1.807, 2.05) is 0 Å². The van der Waals surface area contributed by atoms with Gasteiger partial charge in [-0.1, -0.05) is 27.7 Å². The third-order valence-electron chi connectivity index (χ3n) is 5.70. The Hall–Kier alpha value is -0.570. The molecule has 0 aliphatic heterocycles. The third kappa shape index (κ3) is 4.21. The molecule has 2 unspecified atom stereocenters. The Balaban J connectivity index is 0.00000200. The molecule has 0 aromatic rings. The molecule has 20 heavy (non-hydrogen) atoms. The Kier molecular flexibility index (Phi) is 6.50. The molecule has 0 aromatic carbocycles. The zero-order chi connectivity index (χ0) is 14.0.